The van der Waals surface area contributed by atoms with Crippen molar-refractivity contribution in [2.45, 2.75) is 53.5 Å². The second-order valence-corrected chi connectivity index (χ2v) is 7.01. The zero-order valence-electron chi connectivity index (χ0n) is 12.0. The van der Waals surface area contributed by atoms with Crippen LogP contribution in [0.5, 0.6) is 0 Å². The Labute approximate surface area is 102 Å². The van der Waals surface area contributed by atoms with Crippen LogP contribution in [-0.2, 0) is 0 Å². The summed E-state index contributed by atoms with van der Waals surface area (Å²) in [5, 5.41) is 0. The molecular weight excluding hydrogens is 196 g/mol. The maximum absolute atomic E-state index is 6.00. The van der Waals surface area contributed by atoms with E-state index >= 15 is 0 Å². The molecule has 1 aliphatic heterocycles. The van der Waals surface area contributed by atoms with Gasteiger partial charge in [0.2, 0.25) is 0 Å². The van der Waals surface area contributed by atoms with E-state index < -0.39 is 0 Å². The fourth-order valence-electron chi connectivity index (χ4n) is 2.66. The van der Waals surface area contributed by atoms with E-state index in [4.69, 9.17) is 5.73 Å². The fraction of sp³-hybridized carbons (Fsp3) is 1.00. The quantitative estimate of drug-likeness (QED) is 0.802. The molecule has 2 unspecified atom stereocenters. The summed E-state index contributed by atoms with van der Waals surface area (Å²) in [7, 11) is 0. The largest absolute Gasteiger partial charge is 0.329 e. The zero-order valence-corrected chi connectivity index (χ0v) is 12.0. The number of likely N-dealkylation sites (tertiary alicyclic amines) is 1. The lowest BCUT2D eigenvalue weighted by Crippen LogP contribution is -2.54. The van der Waals surface area contributed by atoms with Crippen LogP contribution in [0.1, 0.15) is 48.0 Å². The van der Waals surface area contributed by atoms with E-state index in [0.717, 1.165) is 12.5 Å². The van der Waals surface area contributed by atoms with Crippen molar-refractivity contribution >= 4 is 0 Å². The Kier molecular flexibility index (Phi) is 4.07. The molecule has 2 atom stereocenters. The topological polar surface area (TPSA) is 29.3 Å². The first-order chi connectivity index (χ1) is 7.21. The maximum atomic E-state index is 6.00. The van der Waals surface area contributed by atoms with Crippen molar-refractivity contribution in [2.24, 2.45) is 23.0 Å². The van der Waals surface area contributed by atoms with Crippen LogP contribution in [0, 0.1) is 17.3 Å². The highest BCUT2D eigenvalue weighted by Crippen LogP contribution is 2.37. The van der Waals surface area contributed by atoms with Crippen LogP contribution >= 0.6 is 0 Å². The van der Waals surface area contributed by atoms with Crippen molar-refractivity contribution < 1.29 is 0 Å². The van der Waals surface area contributed by atoms with Gasteiger partial charge in [0, 0.05) is 18.6 Å². The summed E-state index contributed by atoms with van der Waals surface area (Å²) in [5.74, 6) is 1.44. The molecule has 2 N–H and O–H groups in total. The third kappa shape index (κ3) is 2.60. The van der Waals surface area contributed by atoms with Gasteiger partial charge in [-0.15, -0.1) is 0 Å². The summed E-state index contributed by atoms with van der Waals surface area (Å²) in [6.45, 7) is 17.2. The third-order valence-electron chi connectivity index (χ3n) is 4.79. The molecule has 0 saturated carbocycles. The van der Waals surface area contributed by atoms with Gasteiger partial charge >= 0.3 is 0 Å². The van der Waals surface area contributed by atoms with Crippen LogP contribution in [0.15, 0.2) is 0 Å². The Morgan fingerprint density at radius 2 is 1.81 bits per heavy atom. The average Bonchev–Trinajstić information content (AvgIpc) is 2.64. The van der Waals surface area contributed by atoms with Gasteiger partial charge in [-0.2, -0.15) is 0 Å². The molecule has 1 fully saturated rings. The molecule has 1 aliphatic rings. The summed E-state index contributed by atoms with van der Waals surface area (Å²) < 4.78 is 0. The van der Waals surface area contributed by atoms with Crippen LogP contribution in [0.4, 0.5) is 0 Å². The zero-order chi connectivity index (χ0) is 12.6. The molecule has 0 aromatic rings. The summed E-state index contributed by atoms with van der Waals surface area (Å²) in [5.41, 5.74) is 6.61. The lowest BCUT2D eigenvalue weighted by molar-refractivity contribution is 0.0805. The first kappa shape index (κ1) is 14.0. The van der Waals surface area contributed by atoms with Gasteiger partial charge in [0.05, 0.1) is 0 Å². The van der Waals surface area contributed by atoms with Gasteiger partial charge in [-0.25, -0.2) is 0 Å². The van der Waals surface area contributed by atoms with Crippen LogP contribution in [0.25, 0.3) is 0 Å². The second-order valence-electron chi connectivity index (χ2n) is 7.01. The highest BCUT2D eigenvalue weighted by Gasteiger charge is 2.41. The summed E-state index contributed by atoms with van der Waals surface area (Å²) in [6, 6.07) is 0. The lowest BCUT2D eigenvalue weighted by atomic mass is 9.80. The molecule has 0 aromatic carbocycles. The molecule has 0 amide bonds. The molecule has 1 rings (SSSR count). The third-order valence-corrected chi connectivity index (χ3v) is 4.79. The van der Waals surface area contributed by atoms with E-state index in [9.17, 15) is 0 Å². The van der Waals surface area contributed by atoms with Crippen molar-refractivity contribution in [3.05, 3.63) is 0 Å². The molecule has 0 aromatic heterocycles. The van der Waals surface area contributed by atoms with Gasteiger partial charge in [0.25, 0.3) is 0 Å². The molecule has 0 aliphatic carbocycles. The van der Waals surface area contributed by atoms with Crippen molar-refractivity contribution in [3.8, 4) is 0 Å². The number of hydrogen-bond acceptors (Lipinski definition) is 2. The molecule has 96 valence electrons. The van der Waals surface area contributed by atoms with E-state index in [1.54, 1.807) is 0 Å². The smallest absolute Gasteiger partial charge is 0.0326 e. The Bertz CT molecular complexity index is 229. The van der Waals surface area contributed by atoms with Gasteiger partial charge in [0.1, 0.15) is 0 Å². The molecule has 0 bridgehead atoms. The van der Waals surface area contributed by atoms with E-state index in [2.05, 4.69) is 46.4 Å². The summed E-state index contributed by atoms with van der Waals surface area (Å²) in [4.78, 5) is 2.62. The van der Waals surface area contributed by atoms with Gasteiger partial charge in [-0.1, -0.05) is 34.6 Å². The monoisotopic (exact) mass is 226 g/mol. The predicted octanol–water partition coefficient (Wildman–Crippen LogP) is 2.73. The molecule has 16 heavy (non-hydrogen) atoms. The van der Waals surface area contributed by atoms with Gasteiger partial charge in [-0.05, 0) is 37.1 Å². The van der Waals surface area contributed by atoms with Crippen LogP contribution in [0.3, 0.4) is 0 Å². The maximum Gasteiger partial charge on any atom is 0.0326 e. The first-order valence-corrected chi connectivity index (χ1v) is 6.67. The van der Waals surface area contributed by atoms with E-state index in [1.807, 2.05) is 0 Å². The van der Waals surface area contributed by atoms with E-state index in [1.165, 1.54) is 19.5 Å². The molecule has 2 heteroatoms. The average molecular weight is 226 g/mol. The minimum atomic E-state index is 0.181. The normalized spacial score (nSPS) is 27.4. The van der Waals surface area contributed by atoms with Crippen molar-refractivity contribution in [3.63, 3.8) is 0 Å². The predicted molar refractivity (Wildman–Crippen MR) is 71.4 cm³/mol. The van der Waals surface area contributed by atoms with E-state index in [-0.39, 0.29) is 5.54 Å². The van der Waals surface area contributed by atoms with Crippen LogP contribution in [-0.4, -0.2) is 30.1 Å². The first-order valence-electron chi connectivity index (χ1n) is 6.67. The number of rotatable bonds is 3. The Balaban J connectivity index is 2.72. The van der Waals surface area contributed by atoms with E-state index in [0.29, 0.717) is 11.3 Å². The molecule has 1 saturated heterocycles. The van der Waals surface area contributed by atoms with Crippen molar-refractivity contribution in [1.82, 2.24) is 4.90 Å². The van der Waals surface area contributed by atoms with Gasteiger partial charge in [0.15, 0.2) is 0 Å². The van der Waals surface area contributed by atoms with Crippen molar-refractivity contribution in [1.29, 1.82) is 0 Å². The molecular formula is C14H30N2. The lowest BCUT2D eigenvalue weighted by Gasteiger charge is -2.42. The molecule has 0 radical (unpaired) electrons. The standard InChI is InChI=1S/C14H30N2/c1-11(2)14(6,10-15)16-8-7-12(9-16)13(3,4)5/h11-12H,7-10,15H2,1-6H3. The second kappa shape index (κ2) is 4.66. The van der Waals surface area contributed by atoms with Gasteiger partial charge in [-0.3, -0.25) is 4.90 Å². The Hall–Kier alpha value is -0.0800. The van der Waals surface area contributed by atoms with Gasteiger partial charge < -0.3 is 5.73 Å². The highest BCUT2D eigenvalue weighted by atomic mass is 15.2. The Morgan fingerprint density at radius 3 is 2.12 bits per heavy atom. The fourth-order valence-corrected chi connectivity index (χ4v) is 2.66. The van der Waals surface area contributed by atoms with Crippen LogP contribution in [0.2, 0.25) is 0 Å². The number of hydrogen-bond donors (Lipinski definition) is 1. The highest BCUT2D eigenvalue weighted by molar-refractivity contribution is 4.96. The van der Waals surface area contributed by atoms with Crippen LogP contribution < -0.4 is 5.73 Å². The molecule has 0 spiro atoms. The number of nitrogens with two attached hydrogens (primary N) is 1. The molecule has 2 nitrogen and oxygen atoms in total. The SMILES string of the molecule is CC(C)C(C)(CN)N1CCC(C(C)(C)C)C1. The molecule has 1 heterocycles. The Morgan fingerprint density at radius 1 is 1.25 bits per heavy atom. The minimum absolute atomic E-state index is 0.181. The minimum Gasteiger partial charge on any atom is -0.329 e. The number of nitrogens with zero attached hydrogens (tertiary/aromatic N) is 1. The summed E-state index contributed by atoms with van der Waals surface area (Å²) in [6.07, 6.45) is 1.33. The van der Waals surface area contributed by atoms with Crippen molar-refractivity contribution in [2.75, 3.05) is 19.6 Å². The summed E-state index contributed by atoms with van der Waals surface area (Å²) >= 11 is 0.